The SMILES string of the molecule is CSCCNS(=O)(=O)c1ccc(CCCl)cc1. The zero-order valence-corrected chi connectivity index (χ0v) is 12.0. The molecular weight excluding hydrogens is 278 g/mol. The predicted octanol–water partition coefficient (Wildman–Crippen LogP) is 2.11. The van der Waals surface area contributed by atoms with Crippen molar-refractivity contribution in [2.45, 2.75) is 11.3 Å². The molecule has 0 aliphatic heterocycles. The first-order valence-electron chi connectivity index (χ1n) is 5.23. The van der Waals surface area contributed by atoms with E-state index in [1.165, 1.54) is 0 Å². The lowest BCUT2D eigenvalue weighted by molar-refractivity contribution is 0.584. The molecule has 0 bridgehead atoms. The molecule has 0 saturated heterocycles. The first-order chi connectivity index (χ1) is 8.10. The fourth-order valence-electron chi connectivity index (χ4n) is 1.31. The number of alkyl halides is 1. The van der Waals surface area contributed by atoms with Crippen LogP contribution in [0.5, 0.6) is 0 Å². The highest BCUT2D eigenvalue weighted by Gasteiger charge is 2.12. The third-order valence-electron chi connectivity index (χ3n) is 2.22. The third-order valence-corrected chi connectivity index (χ3v) is 4.49. The number of hydrogen-bond acceptors (Lipinski definition) is 3. The van der Waals surface area contributed by atoms with E-state index in [1.54, 1.807) is 36.0 Å². The van der Waals surface area contributed by atoms with E-state index in [2.05, 4.69) is 4.72 Å². The van der Waals surface area contributed by atoms with Crippen LogP contribution in [-0.4, -0.2) is 32.9 Å². The van der Waals surface area contributed by atoms with Crippen molar-refractivity contribution in [1.29, 1.82) is 0 Å². The van der Waals surface area contributed by atoms with E-state index in [1.807, 2.05) is 6.26 Å². The summed E-state index contributed by atoms with van der Waals surface area (Å²) >= 11 is 7.22. The number of halogens is 1. The Morgan fingerprint density at radius 3 is 2.47 bits per heavy atom. The molecule has 0 saturated carbocycles. The van der Waals surface area contributed by atoms with Gasteiger partial charge in [0.25, 0.3) is 0 Å². The average Bonchev–Trinajstić information content (AvgIpc) is 2.30. The van der Waals surface area contributed by atoms with E-state index in [4.69, 9.17) is 11.6 Å². The molecule has 1 aromatic carbocycles. The first kappa shape index (κ1) is 14.8. The molecule has 0 radical (unpaired) electrons. The smallest absolute Gasteiger partial charge is 0.210 e. The summed E-state index contributed by atoms with van der Waals surface area (Å²) in [6.45, 7) is 0.451. The Balaban J connectivity index is 2.71. The maximum absolute atomic E-state index is 11.8. The van der Waals surface area contributed by atoms with E-state index in [0.717, 1.165) is 17.7 Å². The highest BCUT2D eigenvalue weighted by molar-refractivity contribution is 7.98. The molecule has 0 fully saturated rings. The molecule has 0 aromatic heterocycles. The minimum absolute atomic E-state index is 0.303. The summed E-state index contributed by atoms with van der Waals surface area (Å²) < 4.78 is 26.2. The van der Waals surface area contributed by atoms with E-state index < -0.39 is 10.0 Å². The monoisotopic (exact) mass is 293 g/mol. The van der Waals surface area contributed by atoms with Crippen LogP contribution in [0.2, 0.25) is 0 Å². The number of benzene rings is 1. The van der Waals surface area contributed by atoms with Gasteiger partial charge in [0.2, 0.25) is 10.0 Å². The van der Waals surface area contributed by atoms with Gasteiger partial charge in [0, 0.05) is 18.2 Å². The lowest BCUT2D eigenvalue weighted by atomic mass is 10.2. The summed E-state index contributed by atoms with van der Waals surface area (Å²) in [7, 11) is -3.36. The number of nitrogens with one attached hydrogen (secondary N) is 1. The topological polar surface area (TPSA) is 46.2 Å². The quantitative estimate of drug-likeness (QED) is 0.619. The van der Waals surface area contributed by atoms with Crippen LogP contribution < -0.4 is 4.72 Å². The fraction of sp³-hybridized carbons (Fsp3) is 0.455. The van der Waals surface area contributed by atoms with Gasteiger partial charge in [-0.05, 0) is 30.4 Å². The summed E-state index contributed by atoms with van der Waals surface area (Å²) in [5, 5.41) is 0. The lowest BCUT2D eigenvalue weighted by Gasteiger charge is -2.06. The normalized spacial score (nSPS) is 11.6. The maximum Gasteiger partial charge on any atom is 0.240 e. The number of hydrogen-bond donors (Lipinski definition) is 1. The van der Waals surface area contributed by atoms with Gasteiger partial charge in [-0.25, -0.2) is 13.1 Å². The number of thioether (sulfide) groups is 1. The van der Waals surface area contributed by atoms with Crippen LogP contribution >= 0.6 is 23.4 Å². The Bertz CT molecular complexity index is 431. The number of rotatable bonds is 7. The zero-order valence-electron chi connectivity index (χ0n) is 9.65. The van der Waals surface area contributed by atoms with Crippen molar-refractivity contribution in [1.82, 2.24) is 4.72 Å². The van der Waals surface area contributed by atoms with Gasteiger partial charge in [0.1, 0.15) is 0 Å². The largest absolute Gasteiger partial charge is 0.240 e. The molecule has 0 amide bonds. The molecule has 0 aliphatic carbocycles. The summed E-state index contributed by atoms with van der Waals surface area (Å²) in [4.78, 5) is 0.303. The van der Waals surface area contributed by atoms with Crippen LogP contribution in [0.4, 0.5) is 0 Å². The van der Waals surface area contributed by atoms with Gasteiger partial charge in [-0.3, -0.25) is 0 Å². The summed E-state index contributed by atoms with van der Waals surface area (Å²) in [6, 6.07) is 6.82. The lowest BCUT2D eigenvalue weighted by Crippen LogP contribution is -2.25. The number of aryl methyl sites for hydroxylation is 1. The van der Waals surface area contributed by atoms with Crippen LogP contribution in [0.1, 0.15) is 5.56 Å². The van der Waals surface area contributed by atoms with E-state index in [0.29, 0.717) is 17.3 Å². The van der Waals surface area contributed by atoms with Crippen LogP contribution in [0.25, 0.3) is 0 Å². The summed E-state index contributed by atoms with van der Waals surface area (Å²) in [5.41, 5.74) is 1.04. The molecule has 0 aliphatic rings. The molecule has 0 unspecified atom stereocenters. The molecule has 1 rings (SSSR count). The van der Waals surface area contributed by atoms with Crippen molar-refractivity contribution in [3.63, 3.8) is 0 Å². The standard InChI is InChI=1S/C11H16ClNO2S2/c1-16-9-8-13-17(14,15)11-4-2-10(3-5-11)6-7-12/h2-5,13H,6-9H2,1H3. The molecular formula is C11H16ClNO2S2. The van der Waals surface area contributed by atoms with Gasteiger partial charge in [0.15, 0.2) is 0 Å². The van der Waals surface area contributed by atoms with Crippen LogP contribution in [-0.2, 0) is 16.4 Å². The Morgan fingerprint density at radius 1 is 1.29 bits per heavy atom. The zero-order chi connectivity index (χ0) is 12.7. The Kier molecular flexibility index (Phi) is 6.33. The molecule has 6 heteroatoms. The van der Waals surface area contributed by atoms with Crippen molar-refractivity contribution < 1.29 is 8.42 Å². The van der Waals surface area contributed by atoms with Gasteiger partial charge >= 0.3 is 0 Å². The van der Waals surface area contributed by atoms with Gasteiger partial charge in [-0.2, -0.15) is 11.8 Å². The van der Waals surface area contributed by atoms with E-state index in [9.17, 15) is 8.42 Å². The Hall–Kier alpha value is -0.230. The van der Waals surface area contributed by atoms with Crippen molar-refractivity contribution in [3.05, 3.63) is 29.8 Å². The second-order valence-corrected chi connectivity index (χ2v) is 6.60. The molecule has 1 N–H and O–H groups in total. The Morgan fingerprint density at radius 2 is 1.94 bits per heavy atom. The second kappa shape index (κ2) is 7.26. The molecule has 96 valence electrons. The van der Waals surface area contributed by atoms with Gasteiger partial charge < -0.3 is 0 Å². The fourth-order valence-corrected chi connectivity index (χ4v) is 2.99. The minimum atomic E-state index is -3.36. The van der Waals surface area contributed by atoms with Crippen LogP contribution in [0.3, 0.4) is 0 Å². The second-order valence-electron chi connectivity index (χ2n) is 3.47. The van der Waals surface area contributed by atoms with Crippen molar-refractivity contribution in [2.75, 3.05) is 24.4 Å². The van der Waals surface area contributed by atoms with E-state index >= 15 is 0 Å². The average molecular weight is 294 g/mol. The van der Waals surface area contributed by atoms with Gasteiger partial charge in [0.05, 0.1) is 4.90 Å². The minimum Gasteiger partial charge on any atom is -0.210 e. The van der Waals surface area contributed by atoms with Crippen molar-refractivity contribution >= 4 is 33.4 Å². The van der Waals surface area contributed by atoms with Crippen molar-refractivity contribution in [2.24, 2.45) is 0 Å². The summed E-state index contributed by atoms with van der Waals surface area (Å²) in [5.74, 6) is 1.31. The van der Waals surface area contributed by atoms with E-state index in [-0.39, 0.29) is 0 Å². The molecule has 0 spiro atoms. The number of sulfonamides is 1. The third kappa shape index (κ3) is 4.87. The maximum atomic E-state index is 11.8. The van der Waals surface area contributed by atoms with Crippen LogP contribution in [0.15, 0.2) is 29.2 Å². The first-order valence-corrected chi connectivity index (χ1v) is 8.65. The van der Waals surface area contributed by atoms with Gasteiger partial charge in [-0.15, -0.1) is 11.6 Å². The Labute approximate surface area is 112 Å². The molecule has 3 nitrogen and oxygen atoms in total. The predicted molar refractivity (Wildman–Crippen MR) is 74.4 cm³/mol. The molecule has 0 heterocycles. The molecule has 17 heavy (non-hydrogen) atoms. The van der Waals surface area contributed by atoms with Crippen molar-refractivity contribution in [3.8, 4) is 0 Å². The highest BCUT2D eigenvalue weighted by atomic mass is 35.5. The van der Waals surface area contributed by atoms with Gasteiger partial charge in [-0.1, -0.05) is 12.1 Å². The summed E-state index contributed by atoms with van der Waals surface area (Å²) in [6.07, 6.45) is 2.69. The highest BCUT2D eigenvalue weighted by Crippen LogP contribution is 2.11. The molecule has 1 aromatic rings. The van der Waals surface area contributed by atoms with Crippen LogP contribution in [0, 0.1) is 0 Å². The molecule has 0 atom stereocenters.